The zero-order valence-corrected chi connectivity index (χ0v) is 12.6. The summed E-state index contributed by atoms with van der Waals surface area (Å²) < 4.78 is 0.698. The second kappa shape index (κ2) is 5.38. The maximum absolute atomic E-state index is 10.8. The summed E-state index contributed by atoms with van der Waals surface area (Å²) in [5.74, 6) is -0.834. The summed E-state index contributed by atoms with van der Waals surface area (Å²) in [6.45, 7) is 5.79. The minimum atomic E-state index is -0.834. The molecule has 0 spiro atoms. The normalized spacial score (nSPS) is 12.6. The van der Waals surface area contributed by atoms with Crippen LogP contribution in [0.4, 0.5) is 0 Å². The lowest BCUT2D eigenvalue weighted by Gasteiger charge is -1.99. The monoisotopic (exact) mass is 300 g/mol. The molecular weight excluding hydrogens is 288 g/mol. The number of carbonyl (C=O) groups is 1. The summed E-state index contributed by atoms with van der Waals surface area (Å²) in [4.78, 5) is 13.1. The Morgan fingerprint density at radius 2 is 2.11 bits per heavy atom. The summed E-state index contributed by atoms with van der Waals surface area (Å²) in [6.07, 6.45) is 0. The SMILES string of the molecule is Cc1cc(-c2nnc(SC(C)C(=O)O)s2)sc1C. The van der Waals surface area contributed by atoms with Crippen molar-refractivity contribution in [1.29, 1.82) is 0 Å². The van der Waals surface area contributed by atoms with Gasteiger partial charge < -0.3 is 5.11 Å². The number of aromatic nitrogens is 2. The van der Waals surface area contributed by atoms with Gasteiger partial charge in [-0.2, -0.15) is 0 Å². The Kier molecular flexibility index (Phi) is 4.04. The Balaban J connectivity index is 2.17. The molecule has 0 aliphatic heterocycles. The van der Waals surface area contributed by atoms with E-state index in [1.54, 1.807) is 18.3 Å². The van der Waals surface area contributed by atoms with Crippen molar-refractivity contribution in [3.05, 3.63) is 16.5 Å². The number of nitrogens with zero attached hydrogens (tertiary/aromatic N) is 2. The van der Waals surface area contributed by atoms with E-state index >= 15 is 0 Å². The molecule has 96 valence electrons. The van der Waals surface area contributed by atoms with Crippen LogP contribution in [-0.4, -0.2) is 26.5 Å². The highest BCUT2D eigenvalue weighted by atomic mass is 32.2. The molecule has 0 aromatic carbocycles. The Labute approximate surface area is 117 Å². The average Bonchev–Trinajstić information content (AvgIpc) is 2.87. The third-order valence-corrected chi connectivity index (χ3v) is 5.83. The van der Waals surface area contributed by atoms with Crippen LogP contribution in [0.15, 0.2) is 10.4 Å². The van der Waals surface area contributed by atoms with Crippen LogP contribution in [-0.2, 0) is 4.79 Å². The zero-order chi connectivity index (χ0) is 13.3. The first kappa shape index (κ1) is 13.5. The van der Waals surface area contributed by atoms with Crippen molar-refractivity contribution >= 4 is 40.4 Å². The van der Waals surface area contributed by atoms with E-state index in [4.69, 9.17) is 5.11 Å². The van der Waals surface area contributed by atoms with Crippen LogP contribution < -0.4 is 0 Å². The van der Waals surface area contributed by atoms with E-state index in [0.29, 0.717) is 4.34 Å². The van der Waals surface area contributed by atoms with Crippen LogP contribution in [0.1, 0.15) is 17.4 Å². The molecule has 2 aromatic heterocycles. The standard InChI is InChI=1S/C11H12N2O2S3/c1-5-4-8(16-6(5)2)9-12-13-11(18-9)17-7(3)10(14)15/h4,7H,1-3H3,(H,14,15). The van der Waals surface area contributed by atoms with E-state index in [-0.39, 0.29) is 0 Å². The lowest BCUT2D eigenvalue weighted by atomic mass is 10.3. The minimum Gasteiger partial charge on any atom is -0.480 e. The average molecular weight is 300 g/mol. The van der Waals surface area contributed by atoms with Crippen molar-refractivity contribution in [1.82, 2.24) is 10.2 Å². The Morgan fingerprint density at radius 1 is 1.39 bits per heavy atom. The highest BCUT2D eigenvalue weighted by Crippen LogP contribution is 2.36. The molecule has 4 nitrogen and oxygen atoms in total. The number of rotatable bonds is 4. The topological polar surface area (TPSA) is 63.1 Å². The predicted molar refractivity (Wildman–Crippen MR) is 75.7 cm³/mol. The van der Waals surface area contributed by atoms with Crippen LogP contribution in [0.5, 0.6) is 0 Å². The van der Waals surface area contributed by atoms with Crippen molar-refractivity contribution < 1.29 is 9.90 Å². The number of carboxylic acid groups (broad SMARTS) is 1. The first-order valence-corrected chi connectivity index (χ1v) is 7.79. The molecule has 0 amide bonds. The molecule has 0 saturated heterocycles. The van der Waals surface area contributed by atoms with Crippen LogP contribution >= 0.6 is 34.4 Å². The fourth-order valence-electron chi connectivity index (χ4n) is 1.24. The highest BCUT2D eigenvalue weighted by molar-refractivity contribution is 8.02. The number of thioether (sulfide) groups is 1. The summed E-state index contributed by atoms with van der Waals surface area (Å²) in [6, 6.07) is 2.09. The number of aryl methyl sites for hydroxylation is 2. The van der Waals surface area contributed by atoms with Gasteiger partial charge >= 0.3 is 5.97 Å². The molecule has 0 aliphatic carbocycles. The van der Waals surface area contributed by atoms with Gasteiger partial charge in [0, 0.05) is 4.88 Å². The van der Waals surface area contributed by atoms with Gasteiger partial charge in [0.2, 0.25) is 0 Å². The minimum absolute atomic E-state index is 0.502. The molecule has 2 aromatic rings. The van der Waals surface area contributed by atoms with Gasteiger partial charge in [0.25, 0.3) is 0 Å². The van der Waals surface area contributed by atoms with Gasteiger partial charge in [-0.25, -0.2) is 0 Å². The first-order chi connectivity index (χ1) is 8.47. The van der Waals surface area contributed by atoms with E-state index < -0.39 is 11.2 Å². The van der Waals surface area contributed by atoms with Crippen LogP contribution in [0.2, 0.25) is 0 Å². The van der Waals surface area contributed by atoms with Crippen molar-refractivity contribution in [2.24, 2.45) is 0 Å². The summed E-state index contributed by atoms with van der Waals surface area (Å²) >= 11 is 4.36. The van der Waals surface area contributed by atoms with E-state index in [1.165, 1.54) is 33.5 Å². The predicted octanol–water partition coefficient (Wildman–Crippen LogP) is 3.45. The van der Waals surface area contributed by atoms with Crippen LogP contribution in [0.25, 0.3) is 9.88 Å². The zero-order valence-electron chi connectivity index (χ0n) is 10.1. The van der Waals surface area contributed by atoms with E-state index in [1.807, 2.05) is 0 Å². The van der Waals surface area contributed by atoms with Crippen LogP contribution in [0.3, 0.4) is 0 Å². The smallest absolute Gasteiger partial charge is 0.316 e. The lowest BCUT2D eigenvalue weighted by molar-refractivity contribution is -0.136. The fourth-order valence-corrected chi connectivity index (χ4v) is 4.24. The molecule has 1 atom stereocenters. The molecule has 0 bridgehead atoms. The van der Waals surface area contributed by atoms with Gasteiger partial charge in [-0.1, -0.05) is 23.1 Å². The molecular formula is C11H12N2O2S3. The number of hydrogen-bond donors (Lipinski definition) is 1. The summed E-state index contributed by atoms with van der Waals surface area (Å²) in [7, 11) is 0. The number of aliphatic carboxylic acids is 1. The third kappa shape index (κ3) is 2.90. The molecule has 0 fully saturated rings. The molecule has 1 N–H and O–H groups in total. The molecule has 18 heavy (non-hydrogen) atoms. The Bertz CT molecular complexity index is 557. The molecule has 0 saturated carbocycles. The van der Waals surface area contributed by atoms with Crippen molar-refractivity contribution in [3.8, 4) is 9.88 Å². The fraction of sp³-hybridized carbons (Fsp3) is 0.364. The maximum Gasteiger partial charge on any atom is 0.316 e. The van der Waals surface area contributed by atoms with Gasteiger partial charge in [-0.3, -0.25) is 4.79 Å². The Morgan fingerprint density at radius 3 is 2.67 bits per heavy atom. The van der Waals surface area contributed by atoms with Gasteiger partial charge in [0.05, 0.1) is 4.88 Å². The second-order valence-corrected chi connectivity index (χ2v) is 7.64. The molecule has 2 heterocycles. The number of carboxylic acids is 1. The van der Waals surface area contributed by atoms with E-state index in [2.05, 4.69) is 30.1 Å². The molecule has 2 rings (SSSR count). The van der Waals surface area contributed by atoms with E-state index in [9.17, 15) is 4.79 Å². The Hall–Kier alpha value is -0.920. The van der Waals surface area contributed by atoms with Crippen LogP contribution in [0, 0.1) is 13.8 Å². The maximum atomic E-state index is 10.8. The van der Waals surface area contributed by atoms with E-state index in [0.717, 1.165) is 9.88 Å². The number of thiophene rings is 1. The third-order valence-electron chi connectivity index (χ3n) is 2.41. The molecule has 0 aliphatic rings. The van der Waals surface area contributed by atoms with Gasteiger partial charge in [0.1, 0.15) is 5.25 Å². The second-order valence-electron chi connectivity index (χ2n) is 3.82. The molecule has 0 radical (unpaired) electrons. The number of hydrogen-bond acceptors (Lipinski definition) is 6. The lowest BCUT2D eigenvalue weighted by Crippen LogP contribution is -2.10. The van der Waals surface area contributed by atoms with Crippen molar-refractivity contribution in [3.63, 3.8) is 0 Å². The molecule has 7 heteroatoms. The largest absolute Gasteiger partial charge is 0.480 e. The quantitative estimate of drug-likeness (QED) is 0.876. The van der Waals surface area contributed by atoms with Gasteiger partial charge in [0.15, 0.2) is 9.35 Å². The summed E-state index contributed by atoms with van der Waals surface area (Å²) in [5.41, 5.74) is 1.25. The van der Waals surface area contributed by atoms with Crippen molar-refractivity contribution in [2.45, 2.75) is 30.4 Å². The van der Waals surface area contributed by atoms with Crippen molar-refractivity contribution in [2.75, 3.05) is 0 Å². The first-order valence-electron chi connectivity index (χ1n) is 5.27. The van der Waals surface area contributed by atoms with Gasteiger partial charge in [-0.05, 0) is 32.4 Å². The van der Waals surface area contributed by atoms with Gasteiger partial charge in [-0.15, -0.1) is 21.5 Å². The summed E-state index contributed by atoms with van der Waals surface area (Å²) in [5, 5.41) is 17.3. The highest BCUT2D eigenvalue weighted by Gasteiger charge is 2.17. The molecule has 1 unspecified atom stereocenters.